The van der Waals surface area contributed by atoms with Crippen LogP contribution in [-0.4, -0.2) is 38.5 Å². The maximum Gasteiger partial charge on any atom is 0.257 e. The van der Waals surface area contributed by atoms with E-state index in [-0.39, 0.29) is 12.5 Å². The summed E-state index contributed by atoms with van der Waals surface area (Å²) >= 11 is 0. The smallest absolute Gasteiger partial charge is 0.257 e. The molecule has 8 nitrogen and oxygen atoms in total. The summed E-state index contributed by atoms with van der Waals surface area (Å²) in [5.74, 6) is 1.44. The molecule has 8 heteroatoms. The van der Waals surface area contributed by atoms with E-state index in [0.29, 0.717) is 28.6 Å². The molecule has 2 N–H and O–H groups in total. The summed E-state index contributed by atoms with van der Waals surface area (Å²) in [6, 6.07) is 10.2. The fourth-order valence-electron chi connectivity index (χ4n) is 2.42. The molecule has 0 aliphatic rings. The molecule has 3 aromatic rings. The number of rotatable bonds is 7. The second-order valence-electron chi connectivity index (χ2n) is 6.37. The lowest BCUT2D eigenvalue weighted by molar-refractivity contribution is 0.102. The van der Waals surface area contributed by atoms with Crippen molar-refractivity contribution in [3.8, 4) is 17.2 Å². The van der Waals surface area contributed by atoms with Crippen molar-refractivity contribution in [3.05, 3.63) is 60.0 Å². The fourth-order valence-corrected chi connectivity index (χ4v) is 2.42. The molecule has 0 bridgehead atoms. The number of hydrogen-bond donors (Lipinski definition) is 2. The molecule has 28 heavy (non-hydrogen) atoms. The zero-order chi connectivity index (χ0) is 20.1. The zero-order valence-electron chi connectivity index (χ0n) is 15.9. The maximum atomic E-state index is 12.6. The third-order valence-electron chi connectivity index (χ3n) is 3.81. The van der Waals surface area contributed by atoms with E-state index in [1.165, 1.54) is 0 Å². The van der Waals surface area contributed by atoms with Gasteiger partial charge in [-0.1, -0.05) is 0 Å². The zero-order valence-corrected chi connectivity index (χ0v) is 15.9. The van der Waals surface area contributed by atoms with Crippen LogP contribution in [0.5, 0.6) is 17.2 Å². The highest BCUT2D eigenvalue weighted by Gasteiger charge is 2.14. The number of hydrogen-bond acceptors (Lipinski definition) is 6. The lowest BCUT2D eigenvalue weighted by atomic mass is 10.2. The van der Waals surface area contributed by atoms with Crippen LogP contribution in [0.15, 0.2) is 48.8 Å². The summed E-state index contributed by atoms with van der Waals surface area (Å²) in [6.07, 6.45) is 2.91. The van der Waals surface area contributed by atoms with E-state index in [4.69, 9.17) is 9.47 Å². The second kappa shape index (κ2) is 8.53. The molecule has 2 aromatic heterocycles. The average Bonchev–Trinajstić information content (AvgIpc) is 3.08. The first-order chi connectivity index (χ1) is 13.4. The van der Waals surface area contributed by atoms with Gasteiger partial charge in [-0.05, 0) is 38.1 Å². The van der Waals surface area contributed by atoms with Gasteiger partial charge in [0.15, 0.2) is 5.82 Å². The first-order valence-corrected chi connectivity index (χ1v) is 8.77. The lowest BCUT2D eigenvalue weighted by Crippen LogP contribution is -2.17. The van der Waals surface area contributed by atoms with Crippen molar-refractivity contribution in [1.29, 1.82) is 0 Å². The Bertz CT molecular complexity index is 953. The quantitative estimate of drug-likeness (QED) is 0.652. The van der Waals surface area contributed by atoms with Gasteiger partial charge in [-0.15, -0.1) is 0 Å². The predicted molar refractivity (Wildman–Crippen MR) is 104 cm³/mol. The molecule has 0 saturated heterocycles. The van der Waals surface area contributed by atoms with E-state index in [1.807, 2.05) is 13.0 Å². The normalized spacial score (nSPS) is 11.7. The highest BCUT2D eigenvalue weighted by atomic mass is 16.5. The van der Waals surface area contributed by atoms with Crippen molar-refractivity contribution < 1.29 is 19.4 Å². The summed E-state index contributed by atoms with van der Waals surface area (Å²) in [5, 5.41) is 16.1. The number of carbonyl (C=O) groups is 1. The number of aryl methyl sites for hydroxylation is 2. The predicted octanol–water partition coefficient (Wildman–Crippen LogP) is 2.93. The summed E-state index contributed by atoms with van der Waals surface area (Å²) in [4.78, 5) is 16.8. The van der Waals surface area contributed by atoms with Crippen molar-refractivity contribution in [1.82, 2.24) is 14.8 Å². The first-order valence-electron chi connectivity index (χ1n) is 8.77. The topological polar surface area (TPSA) is 98.5 Å². The minimum Gasteiger partial charge on any atom is -0.488 e. The summed E-state index contributed by atoms with van der Waals surface area (Å²) in [5.41, 5.74) is 1.21. The van der Waals surface area contributed by atoms with Gasteiger partial charge in [-0.2, -0.15) is 5.10 Å². The second-order valence-corrected chi connectivity index (χ2v) is 6.37. The Labute approximate surface area is 162 Å². The summed E-state index contributed by atoms with van der Waals surface area (Å²) in [6.45, 7) is 3.46. The van der Waals surface area contributed by atoms with Crippen LogP contribution in [0.25, 0.3) is 0 Å². The number of nitrogens with one attached hydrogen (secondary N) is 1. The van der Waals surface area contributed by atoms with Crippen molar-refractivity contribution >= 4 is 11.7 Å². The highest BCUT2D eigenvalue weighted by Crippen LogP contribution is 2.28. The lowest BCUT2D eigenvalue weighted by Gasteiger charge is -2.15. The Kier molecular flexibility index (Phi) is 5.90. The third-order valence-corrected chi connectivity index (χ3v) is 3.81. The molecule has 0 radical (unpaired) electrons. The summed E-state index contributed by atoms with van der Waals surface area (Å²) in [7, 11) is 1.77. The number of aromatic nitrogens is 3. The van der Waals surface area contributed by atoms with Gasteiger partial charge < -0.3 is 19.9 Å². The number of aliphatic hydroxyl groups excluding tert-OH is 1. The van der Waals surface area contributed by atoms with E-state index < -0.39 is 6.10 Å². The number of carbonyl (C=O) groups excluding carboxylic acids is 1. The van der Waals surface area contributed by atoms with Gasteiger partial charge in [0.2, 0.25) is 0 Å². The minimum atomic E-state index is -0.428. The van der Waals surface area contributed by atoms with Crippen LogP contribution in [0.3, 0.4) is 0 Å². The number of amides is 1. The van der Waals surface area contributed by atoms with Gasteiger partial charge in [-0.25, -0.2) is 0 Å². The van der Waals surface area contributed by atoms with Crippen LogP contribution < -0.4 is 14.8 Å². The van der Waals surface area contributed by atoms with Crippen molar-refractivity contribution in [2.45, 2.75) is 20.0 Å². The molecule has 0 saturated carbocycles. The first kappa shape index (κ1) is 19.4. The van der Waals surface area contributed by atoms with E-state index in [9.17, 15) is 9.90 Å². The molecule has 0 fully saturated rings. The molecule has 146 valence electrons. The Balaban J connectivity index is 1.87. The Morgan fingerprint density at radius 2 is 2.00 bits per heavy atom. The Morgan fingerprint density at radius 3 is 2.64 bits per heavy atom. The molecule has 0 aliphatic heterocycles. The highest BCUT2D eigenvalue weighted by molar-refractivity contribution is 6.04. The number of anilines is 1. The van der Waals surface area contributed by atoms with Crippen molar-refractivity contribution in [2.24, 2.45) is 7.05 Å². The molecule has 1 aromatic carbocycles. The maximum absolute atomic E-state index is 12.6. The SMILES string of the molecule is Cc1ccc(Oc2cc(OC(C)CO)cc(C(=O)Nc3ccn(C)n3)c2)cn1. The van der Waals surface area contributed by atoms with Crippen molar-refractivity contribution in [2.75, 3.05) is 11.9 Å². The van der Waals surface area contributed by atoms with Crippen molar-refractivity contribution in [3.63, 3.8) is 0 Å². The molecular formula is C20H22N4O4. The minimum absolute atomic E-state index is 0.150. The standard InChI is InChI=1S/C20H22N4O4/c1-13-4-5-16(11-21-13)28-18-9-15(8-17(10-18)27-14(2)12-25)20(26)22-19-6-7-24(3)23-19/h4-11,14,25H,12H2,1-3H3,(H,22,23,26). The van der Waals surface area contributed by atoms with Gasteiger partial charge in [0.25, 0.3) is 5.91 Å². The van der Waals surface area contributed by atoms with E-state index >= 15 is 0 Å². The van der Waals surface area contributed by atoms with E-state index in [1.54, 1.807) is 61.4 Å². The molecule has 1 atom stereocenters. The number of pyridine rings is 1. The number of nitrogens with zero attached hydrogens (tertiary/aromatic N) is 3. The van der Waals surface area contributed by atoms with Gasteiger partial charge in [0.05, 0.1) is 12.8 Å². The van der Waals surface area contributed by atoms with Crippen LogP contribution >= 0.6 is 0 Å². The van der Waals surface area contributed by atoms with Gasteiger partial charge in [0, 0.05) is 36.6 Å². The van der Waals surface area contributed by atoms with Crippen LogP contribution in [0.1, 0.15) is 23.0 Å². The molecule has 0 spiro atoms. The van der Waals surface area contributed by atoms with Crippen LogP contribution in [-0.2, 0) is 7.05 Å². The molecule has 1 amide bonds. The van der Waals surface area contributed by atoms with E-state index in [0.717, 1.165) is 5.69 Å². The number of ether oxygens (including phenoxy) is 2. The van der Waals surface area contributed by atoms with Crippen LogP contribution in [0.2, 0.25) is 0 Å². The Morgan fingerprint density at radius 1 is 1.21 bits per heavy atom. The summed E-state index contributed by atoms with van der Waals surface area (Å²) < 4.78 is 13.1. The number of aliphatic hydroxyl groups is 1. The molecular weight excluding hydrogens is 360 g/mol. The van der Waals surface area contributed by atoms with E-state index in [2.05, 4.69) is 15.4 Å². The Hall–Kier alpha value is -3.39. The molecule has 3 rings (SSSR count). The third kappa shape index (κ3) is 5.08. The molecule has 0 aliphatic carbocycles. The largest absolute Gasteiger partial charge is 0.488 e. The van der Waals surface area contributed by atoms with Crippen LogP contribution in [0.4, 0.5) is 5.82 Å². The average molecular weight is 382 g/mol. The fraction of sp³-hybridized carbons (Fsp3) is 0.250. The molecule has 2 heterocycles. The number of benzene rings is 1. The van der Waals surface area contributed by atoms with Gasteiger partial charge in [-0.3, -0.25) is 14.5 Å². The van der Waals surface area contributed by atoms with Gasteiger partial charge >= 0.3 is 0 Å². The van der Waals surface area contributed by atoms with Gasteiger partial charge in [0.1, 0.15) is 23.4 Å². The monoisotopic (exact) mass is 382 g/mol. The van der Waals surface area contributed by atoms with Crippen LogP contribution in [0, 0.1) is 6.92 Å². The molecule has 1 unspecified atom stereocenters.